The highest BCUT2D eigenvalue weighted by Gasteiger charge is 2.47. The lowest BCUT2D eigenvalue weighted by molar-refractivity contribution is -0.149. The number of alkyl halides is 5. The van der Waals surface area contributed by atoms with E-state index in [1.54, 1.807) is 28.9 Å². The second kappa shape index (κ2) is 10.4. The van der Waals surface area contributed by atoms with E-state index in [4.69, 9.17) is 4.42 Å². The molecular formula is C26H29F5N6O3. The molecule has 5 rings (SSSR count). The highest BCUT2D eigenvalue weighted by Crippen LogP contribution is 2.42. The first kappa shape index (κ1) is 27.8. The highest BCUT2D eigenvalue weighted by atomic mass is 19.4. The van der Waals surface area contributed by atoms with Gasteiger partial charge in [0.25, 0.3) is 5.91 Å². The molecule has 2 aliphatic rings. The minimum atomic E-state index is -4.55. The van der Waals surface area contributed by atoms with E-state index >= 15 is 0 Å². The van der Waals surface area contributed by atoms with Gasteiger partial charge in [-0.05, 0) is 56.4 Å². The van der Waals surface area contributed by atoms with E-state index in [0.29, 0.717) is 22.4 Å². The number of urea groups is 1. The van der Waals surface area contributed by atoms with Crippen molar-refractivity contribution in [1.29, 1.82) is 0 Å². The van der Waals surface area contributed by atoms with Crippen molar-refractivity contribution in [3.8, 4) is 0 Å². The molecule has 2 atom stereocenters. The van der Waals surface area contributed by atoms with Crippen LogP contribution >= 0.6 is 0 Å². The van der Waals surface area contributed by atoms with E-state index in [9.17, 15) is 31.5 Å². The molecule has 3 aromatic rings. The molecule has 2 aromatic heterocycles. The molecule has 0 spiro atoms. The van der Waals surface area contributed by atoms with Gasteiger partial charge in [0, 0.05) is 31.6 Å². The fourth-order valence-electron chi connectivity index (χ4n) is 5.25. The Kier molecular flexibility index (Phi) is 7.21. The minimum absolute atomic E-state index is 0.0758. The Morgan fingerprint density at radius 1 is 1.23 bits per heavy atom. The monoisotopic (exact) mass is 568 g/mol. The predicted molar refractivity (Wildman–Crippen MR) is 133 cm³/mol. The van der Waals surface area contributed by atoms with E-state index in [-0.39, 0.29) is 50.1 Å². The molecule has 2 N–H and O–H groups in total. The lowest BCUT2D eigenvalue weighted by atomic mass is 9.82. The van der Waals surface area contributed by atoms with Crippen molar-refractivity contribution < 1.29 is 36.0 Å². The number of hydrogen-bond donors (Lipinski definition) is 2. The molecule has 1 aliphatic carbocycles. The number of hydrogen-bond acceptors (Lipinski definition) is 5. The molecule has 40 heavy (non-hydrogen) atoms. The van der Waals surface area contributed by atoms with Gasteiger partial charge in [0.2, 0.25) is 11.8 Å². The zero-order valence-corrected chi connectivity index (χ0v) is 21.8. The first-order chi connectivity index (χ1) is 18.8. The summed E-state index contributed by atoms with van der Waals surface area (Å²) in [5.41, 5.74) is 1.56. The smallest absolute Gasteiger partial charge is 0.410 e. The van der Waals surface area contributed by atoms with Crippen LogP contribution in [0.1, 0.15) is 73.6 Å². The summed E-state index contributed by atoms with van der Waals surface area (Å²) in [5.74, 6) is -3.44. The topological polar surface area (TPSA) is 105 Å². The molecule has 2 fully saturated rings. The van der Waals surface area contributed by atoms with Crippen molar-refractivity contribution in [2.75, 3.05) is 6.54 Å². The quantitative estimate of drug-likeness (QED) is 0.374. The Balaban J connectivity index is 1.39. The molecule has 1 saturated heterocycles. The minimum Gasteiger partial charge on any atom is -0.438 e. The third-order valence-electron chi connectivity index (χ3n) is 7.40. The van der Waals surface area contributed by atoms with Gasteiger partial charge in [0.05, 0.1) is 6.54 Å². The van der Waals surface area contributed by atoms with Gasteiger partial charge in [-0.2, -0.15) is 18.3 Å². The van der Waals surface area contributed by atoms with Gasteiger partial charge >= 0.3 is 12.2 Å². The molecular weight excluding hydrogens is 539 g/mol. The number of nitrogens with one attached hydrogen (secondary N) is 2. The maximum absolute atomic E-state index is 13.9. The van der Waals surface area contributed by atoms with Gasteiger partial charge < -0.3 is 20.0 Å². The van der Waals surface area contributed by atoms with Crippen LogP contribution in [-0.2, 0) is 6.54 Å². The molecule has 14 heteroatoms. The number of carbonyl (C=O) groups excluding carboxylic acids is 2. The Morgan fingerprint density at radius 3 is 2.60 bits per heavy atom. The van der Waals surface area contributed by atoms with Crippen LogP contribution in [0.3, 0.4) is 0 Å². The fraction of sp³-hybridized carbons (Fsp3) is 0.538. The number of rotatable bonds is 7. The Morgan fingerprint density at radius 2 is 1.95 bits per heavy atom. The molecule has 1 aromatic carbocycles. The van der Waals surface area contributed by atoms with Crippen LogP contribution in [0.4, 0.5) is 26.7 Å². The Hall–Kier alpha value is -3.71. The van der Waals surface area contributed by atoms with E-state index in [1.165, 1.54) is 6.20 Å². The summed E-state index contributed by atoms with van der Waals surface area (Å²) in [5, 5.41) is 9.03. The van der Waals surface area contributed by atoms with Crippen molar-refractivity contribution in [3.05, 3.63) is 47.6 Å². The number of aromatic nitrogens is 3. The number of benzene rings is 1. The SMILES string of the molecule is CC(C)n1nccc1C(=O)NC(c1nc2cc(CN3CC(C(F)(F)F)NC3=O)ccc2o1)C1CCC(F)(F)CC1. The Labute approximate surface area is 226 Å². The number of carbonyl (C=O) groups is 2. The first-order valence-corrected chi connectivity index (χ1v) is 13.0. The summed E-state index contributed by atoms with van der Waals surface area (Å²) in [6.45, 7) is 3.15. The average Bonchev–Trinajstić information content (AvgIpc) is 3.61. The average molecular weight is 569 g/mol. The van der Waals surface area contributed by atoms with Gasteiger partial charge in [-0.25, -0.2) is 18.6 Å². The van der Waals surface area contributed by atoms with Crippen LogP contribution in [0.5, 0.6) is 0 Å². The maximum atomic E-state index is 13.9. The van der Waals surface area contributed by atoms with Crippen molar-refractivity contribution in [2.24, 2.45) is 5.92 Å². The van der Waals surface area contributed by atoms with E-state index < -0.39 is 42.7 Å². The van der Waals surface area contributed by atoms with Crippen LogP contribution in [0.25, 0.3) is 11.1 Å². The van der Waals surface area contributed by atoms with Gasteiger partial charge in [0.1, 0.15) is 23.3 Å². The van der Waals surface area contributed by atoms with Crippen LogP contribution in [-0.4, -0.2) is 56.3 Å². The molecule has 216 valence electrons. The number of oxazole rings is 1. The van der Waals surface area contributed by atoms with Gasteiger partial charge in [0.15, 0.2) is 5.58 Å². The summed E-state index contributed by atoms with van der Waals surface area (Å²) in [7, 11) is 0. The largest absolute Gasteiger partial charge is 0.438 e. The van der Waals surface area contributed by atoms with Crippen molar-refractivity contribution in [1.82, 2.24) is 30.3 Å². The van der Waals surface area contributed by atoms with Crippen molar-refractivity contribution >= 4 is 23.0 Å². The van der Waals surface area contributed by atoms with Crippen LogP contribution in [0.2, 0.25) is 0 Å². The molecule has 2 unspecified atom stereocenters. The third-order valence-corrected chi connectivity index (χ3v) is 7.40. The van der Waals surface area contributed by atoms with E-state index in [2.05, 4.69) is 15.4 Å². The summed E-state index contributed by atoms with van der Waals surface area (Å²) >= 11 is 0. The van der Waals surface area contributed by atoms with E-state index in [0.717, 1.165) is 4.90 Å². The molecule has 1 aliphatic heterocycles. The van der Waals surface area contributed by atoms with Gasteiger partial charge in [-0.3, -0.25) is 9.48 Å². The molecule has 1 saturated carbocycles. The molecule has 3 heterocycles. The molecule has 0 bridgehead atoms. The first-order valence-electron chi connectivity index (χ1n) is 13.0. The summed E-state index contributed by atoms with van der Waals surface area (Å²) in [6, 6.07) is 2.71. The second-order valence-electron chi connectivity index (χ2n) is 10.7. The summed E-state index contributed by atoms with van der Waals surface area (Å²) in [6.07, 6.45) is -3.40. The molecule has 9 nitrogen and oxygen atoms in total. The van der Waals surface area contributed by atoms with Crippen molar-refractivity contribution in [2.45, 2.75) is 76.3 Å². The zero-order valence-electron chi connectivity index (χ0n) is 21.8. The number of fused-ring (bicyclic) bond motifs is 1. The summed E-state index contributed by atoms with van der Waals surface area (Å²) < 4.78 is 74.5. The Bertz CT molecular complexity index is 1390. The number of amides is 3. The lowest BCUT2D eigenvalue weighted by Gasteiger charge is -2.32. The second-order valence-corrected chi connectivity index (χ2v) is 10.7. The third kappa shape index (κ3) is 5.75. The van der Waals surface area contributed by atoms with Crippen LogP contribution in [0, 0.1) is 5.92 Å². The van der Waals surface area contributed by atoms with Crippen LogP contribution in [0.15, 0.2) is 34.9 Å². The zero-order chi connectivity index (χ0) is 28.8. The lowest BCUT2D eigenvalue weighted by Crippen LogP contribution is -2.40. The van der Waals surface area contributed by atoms with Gasteiger partial charge in [-0.1, -0.05) is 6.07 Å². The molecule has 0 radical (unpaired) electrons. The predicted octanol–water partition coefficient (Wildman–Crippen LogP) is 5.36. The number of nitrogens with zero attached hydrogens (tertiary/aromatic N) is 4. The normalized spacial score (nSPS) is 20.8. The maximum Gasteiger partial charge on any atom is 0.410 e. The highest BCUT2D eigenvalue weighted by molar-refractivity contribution is 5.92. The van der Waals surface area contributed by atoms with Crippen LogP contribution < -0.4 is 10.6 Å². The fourth-order valence-corrected chi connectivity index (χ4v) is 5.25. The number of halogens is 5. The summed E-state index contributed by atoms with van der Waals surface area (Å²) in [4.78, 5) is 30.9. The van der Waals surface area contributed by atoms with Crippen molar-refractivity contribution in [3.63, 3.8) is 0 Å². The molecule has 3 amide bonds. The van der Waals surface area contributed by atoms with Gasteiger partial charge in [-0.15, -0.1) is 0 Å². The standard InChI is InChI=1S/C26H29F5N6O3/c1-14(2)37-18(7-10-32-37)22(38)35-21(16-5-8-25(27,28)9-6-16)23-33-17-11-15(3-4-19(17)40-23)12-36-13-20(26(29,30)31)34-24(36)39/h3-4,7,10-11,14,16,20-21H,5-6,8-9,12-13H2,1-2H3,(H,34,39)(H,35,38). The van der Waals surface area contributed by atoms with E-state index in [1.807, 2.05) is 19.2 Å².